The molecule has 1 aromatic rings. The minimum atomic E-state index is 0.259. The maximum Gasteiger partial charge on any atom is 0.137 e. The van der Waals surface area contributed by atoms with Gasteiger partial charge in [0.1, 0.15) is 5.78 Å². The lowest BCUT2D eigenvalue weighted by atomic mass is 9.70. The van der Waals surface area contributed by atoms with Gasteiger partial charge in [0.15, 0.2) is 0 Å². The quantitative estimate of drug-likeness (QED) is 0.737. The molecule has 0 radical (unpaired) electrons. The van der Waals surface area contributed by atoms with E-state index >= 15 is 0 Å². The molecule has 70 valence electrons. The third-order valence-electron chi connectivity index (χ3n) is 2.72. The van der Waals surface area contributed by atoms with Crippen molar-refractivity contribution in [3.63, 3.8) is 0 Å². The highest BCUT2D eigenvalue weighted by Crippen LogP contribution is 2.44. The van der Waals surface area contributed by atoms with Gasteiger partial charge in [-0.05, 0) is 18.6 Å². The molecular formula is C10H11ClOS. The molecule has 0 saturated heterocycles. The van der Waals surface area contributed by atoms with E-state index in [4.69, 9.17) is 11.6 Å². The van der Waals surface area contributed by atoms with Crippen molar-refractivity contribution in [1.29, 1.82) is 0 Å². The summed E-state index contributed by atoms with van der Waals surface area (Å²) >= 11 is 7.45. The first-order valence-corrected chi connectivity index (χ1v) is 5.69. The predicted octanol–water partition coefficient (Wildman–Crippen LogP) is 3.48. The van der Waals surface area contributed by atoms with Gasteiger partial charge in [-0.3, -0.25) is 4.79 Å². The summed E-state index contributed by atoms with van der Waals surface area (Å²) in [5, 5.41) is 0. The van der Waals surface area contributed by atoms with Gasteiger partial charge < -0.3 is 0 Å². The largest absolute Gasteiger partial charge is 0.299 e. The number of halogens is 1. The van der Waals surface area contributed by atoms with Crippen LogP contribution in [-0.2, 0) is 4.79 Å². The summed E-state index contributed by atoms with van der Waals surface area (Å²) in [5.41, 5.74) is 0. The summed E-state index contributed by atoms with van der Waals surface area (Å²) < 4.78 is 0.823. The Kier molecular flexibility index (Phi) is 2.43. The molecule has 0 amide bonds. The van der Waals surface area contributed by atoms with Crippen LogP contribution in [0.2, 0.25) is 4.34 Å². The minimum Gasteiger partial charge on any atom is -0.299 e. The summed E-state index contributed by atoms with van der Waals surface area (Å²) in [6, 6.07) is 3.96. The SMILES string of the molecule is CCC1C(=O)CC1c1ccc(Cl)s1. The van der Waals surface area contributed by atoms with E-state index in [1.54, 1.807) is 11.3 Å². The van der Waals surface area contributed by atoms with Crippen molar-refractivity contribution >= 4 is 28.7 Å². The summed E-state index contributed by atoms with van der Waals surface area (Å²) in [7, 11) is 0. The van der Waals surface area contributed by atoms with Crippen LogP contribution in [0.15, 0.2) is 12.1 Å². The summed E-state index contributed by atoms with van der Waals surface area (Å²) in [4.78, 5) is 12.5. The zero-order valence-electron chi connectivity index (χ0n) is 7.42. The third-order valence-corrected chi connectivity index (χ3v) is 4.08. The molecule has 3 heteroatoms. The van der Waals surface area contributed by atoms with E-state index < -0.39 is 0 Å². The second-order valence-corrected chi connectivity index (χ2v) is 5.18. The van der Waals surface area contributed by atoms with Crippen molar-refractivity contribution < 1.29 is 4.79 Å². The molecule has 13 heavy (non-hydrogen) atoms. The Morgan fingerprint density at radius 2 is 2.38 bits per heavy atom. The standard InChI is InChI=1S/C10H11ClOS/c1-2-6-7(5-8(6)12)9-3-4-10(11)13-9/h3-4,6-7H,2,5H2,1H3. The van der Waals surface area contributed by atoms with Crippen molar-refractivity contribution in [2.24, 2.45) is 5.92 Å². The van der Waals surface area contributed by atoms with Crippen molar-refractivity contribution in [1.82, 2.24) is 0 Å². The van der Waals surface area contributed by atoms with Crippen molar-refractivity contribution in [3.8, 4) is 0 Å². The molecule has 0 bridgehead atoms. The lowest BCUT2D eigenvalue weighted by Crippen LogP contribution is -2.34. The fraction of sp³-hybridized carbons (Fsp3) is 0.500. The predicted molar refractivity (Wildman–Crippen MR) is 55.5 cm³/mol. The number of ketones is 1. The summed E-state index contributed by atoms with van der Waals surface area (Å²) in [6.07, 6.45) is 1.67. The maximum atomic E-state index is 11.2. The van der Waals surface area contributed by atoms with Gasteiger partial charge >= 0.3 is 0 Å². The Morgan fingerprint density at radius 1 is 1.62 bits per heavy atom. The van der Waals surface area contributed by atoms with E-state index in [1.165, 1.54) is 4.88 Å². The van der Waals surface area contributed by atoms with Gasteiger partial charge in [0.2, 0.25) is 0 Å². The van der Waals surface area contributed by atoms with Crippen LogP contribution in [0.25, 0.3) is 0 Å². The second-order valence-electron chi connectivity index (χ2n) is 3.43. The van der Waals surface area contributed by atoms with Crippen LogP contribution < -0.4 is 0 Å². The van der Waals surface area contributed by atoms with Crippen molar-refractivity contribution in [3.05, 3.63) is 21.3 Å². The molecule has 2 unspecified atom stereocenters. The van der Waals surface area contributed by atoms with Crippen LogP contribution in [-0.4, -0.2) is 5.78 Å². The normalized spacial score (nSPS) is 27.4. The molecule has 0 N–H and O–H groups in total. The Hall–Kier alpha value is -0.340. The number of rotatable bonds is 2. The number of carbonyl (C=O) groups excluding carboxylic acids is 1. The average molecular weight is 215 g/mol. The smallest absolute Gasteiger partial charge is 0.137 e. The molecule has 1 aliphatic carbocycles. The molecule has 2 rings (SSSR count). The summed E-state index contributed by atoms with van der Waals surface area (Å²) in [6.45, 7) is 2.07. The van der Waals surface area contributed by atoms with E-state index in [2.05, 4.69) is 6.92 Å². The minimum absolute atomic E-state index is 0.259. The van der Waals surface area contributed by atoms with Gasteiger partial charge in [-0.1, -0.05) is 18.5 Å². The van der Waals surface area contributed by atoms with E-state index in [0.29, 0.717) is 11.7 Å². The third kappa shape index (κ3) is 1.53. The zero-order chi connectivity index (χ0) is 9.42. The van der Waals surface area contributed by atoms with Gasteiger partial charge in [0.25, 0.3) is 0 Å². The van der Waals surface area contributed by atoms with Crippen LogP contribution in [0.5, 0.6) is 0 Å². The number of hydrogen-bond acceptors (Lipinski definition) is 2. The Bertz CT molecular complexity index is 331. The molecule has 2 atom stereocenters. The number of hydrogen-bond donors (Lipinski definition) is 0. The van der Waals surface area contributed by atoms with Crippen LogP contribution >= 0.6 is 22.9 Å². The molecule has 1 aliphatic rings. The van der Waals surface area contributed by atoms with E-state index in [1.807, 2.05) is 12.1 Å². The van der Waals surface area contributed by atoms with Gasteiger partial charge in [0, 0.05) is 23.1 Å². The van der Waals surface area contributed by atoms with E-state index in [-0.39, 0.29) is 5.92 Å². The highest BCUT2D eigenvalue weighted by atomic mass is 35.5. The fourth-order valence-corrected chi connectivity index (χ4v) is 3.14. The molecule has 1 nitrogen and oxygen atoms in total. The zero-order valence-corrected chi connectivity index (χ0v) is 8.99. The van der Waals surface area contributed by atoms with Gasteiger partial charge in [-0.25, -0.2) is 0 Å². The Labute approximate surface area is 86.7 Å². The van der Waals surface area contributed by atoms with Crippen LogP contribution in [0.1, 0.15) is 30.6 Å². The highest BCUT2D eigenvalue weighted by molar-refractivity contribution is 7.16. The van der Waals surface area contributed by atoms with Crippen LogP contribution in [0.3, 0.4) is 0 Å². The lowest BCUT2D eigenvalue weighted by molar-refractivity contribution is -0.130. The van der Waals surface area contributed by atoms with Crippen LogP contribution in [0, 0.1) is 5.92 Å². The lowest BCUT2D eigenvalue weighted by Gasteiger charge is -2.33. The second kappa shape index (κ2) is 3.43. The van der Waals surface area contributed by atoms with Gasteiger partial charge in [-0.2, -0.15) is 0 Å². The van der Waals surface area contributed by atoms with Crippen molar-refractivity contribution in [2.75, 3.05) is 0 Å². The highest BCUT2D eigenvalue weighted by Gasteiger charge is 2.39. The number of thiophene rings is 1. The first-order chi connectivity index (χ1) is 6.22. The fourth-order valence-electron chi connectivity index (χ4n) is 1.91. The molecule has 1 fully saturated rings. The molecule has 0 aliphatic heterocycles. The van der Waals surface area contributed by atoms with Gasteiger partial charge in [0.05, 0.1) is 4.34 Å². The Balaban J connectivity index is 2.15. The van der Waals surface area contributed by atoms with Crippen LogP contribution in [0.4, 0.5) is 0 Å². The molecule has 1 saturated carbocycles. The topological polar surface area (TPSA) is 17.1 Å². The summed E-state index contributed by atoms with van der Waals surface area (Å²) in [5.74, 6) is 1.13. The number of Topliss-reactive ketones (excluding diaryl/α,β-unsaturated/α-hetero) is 1. The molecule has 0 spiro atoms. The monoisotopic (exact) mass is 214 g/mol. The molecular weight excluding hydrogens is 204 g/mol. The first kappa shape index (κ1) is 9.22. The van der Waals surface area contributed by atoms with E-state index in [0.717, 1.165) is 17.2 Å². The average Bonchev–Trinajstić information content (AvgIpc) is 2.48. The molecule has 1 heterocycles. The molecule has 1 aromatic heterocycles. The van der Waals surface area contributed by atoms with Crippen molar-refractivity contribution in [2.45, 2.75) is 25.7 Å². The Morgan fingerprint density at radius 3 is 2.85 bits per heavy atom. The van der Waals surface area contributed by atoms with E-state index in [9.17, 15) is 4.79 Å². The number of carbonyl (C=O) groups is 1. The first-order valence-electron chi connectivity index (χ1n) is 4.50. The maximum absolute atomic E-state index is 11.2. The molecule has 0 aromatic carbocycles. The van der Waals surface area contributed by atoms with Gasteiger partial charge in [-0.15, -0.1) is 11.3 Å².